The van der Waals surface area contributed by atoms with E-state index in [9.17, 15) is 19.2 Å². The molecule has 0 aromatic heterocycles. The van der Waals surface area contributed by atoms with Crippen molar-refractivity contribution in [1.82, 2.24) is 16.0 Å². The molecule has 0 radical (unpaired) electrons. The van der Waals surface area contributed by atoms with Crippen molar-refractivity contribution in [2.24, 2.45) is 0 Å². The molecule has 0 heterocycles. The van der Waals surface area contributed by atoms with Crippen LogP contribution in [0.1, 0.15) is 22.3 Å². The first-order valence-electron chi connectivity index (χ1n) is 9.73. The summed E-state index contributed by atoms with van der Waals surface area (Å²) in [5.74, 6) is -1.51. The number of carbonyl (C=O) groups excluding carboxylic acids is 4. The third-order valence-electron chi connectivity index (χ3n) is 4.21. The summed E-state index contributed by atoms with van der Waals surface area (Å²) in [6, 6.07) is 13.9. The van der Waals surface area contributed by atoms with Gasteiger partial charge in [-0.1, -0.05) is 54.1 Å². The highest BCUT2D eigenvalue weighted by Crippen LogP contribution is 2.15. The van der Waals surface area contributed by atoms with Crippen LogP contribution in [-0.2, 0) is 20.9 Å². The number of rotatable bonds is 10. The second kappa shape index (κ2) is 13.4. The third kappa shape index (κ3) is 8.60. The smallest absolute Gasteiger partial charge is 0.329 e. The fourth-order valence-electron chi connectivity index (χ4n) is 2.59. The predicted molar refractivity (Wildman–Crippen MR) is 123 cm³/mol. The predicted octanol–water partition coefficient (Wildman–Crippen LogP) is 2.76. The van der Waals surface area contributed by atoms with Crippen LogP contribution in [0.15, 0.2) is 54.6 Å². The zero-order valence-corrected chi connectivity index (χ0v) is 19.0. The molecule has 2 rings (SSSR count). The van der Waals surface area contributed by atoms with Gasteiger partial charge in [-0.05, 0) is 36.1 Å². The number of halogens is 1. The lowest BCUT2D eigenvalue weighted by Crippen LogP contribution is -2.45. The van der Waals surface area contributed by atoms with Crippen LogP contribution in [0.25, 0.3) is 0 Å². The Morgan fingerprint density at radius 1 is 1.03 bits per heavy atom. The van der Waals surface area contributed by atoms with Crippen LogP contribution in [0.3, 0.4) is 0 Å². The number of hydrogen-bond acceptors (Lipinski definition) is 6. The van der Waals surface area contributed by atoms with Crippen molar-refractivity contribution in [1.29, 1.82) is 0 Å². The molecule has 0 aliphatic heterocycles. The molecule has 4 amide bonds. The fraction of sp³-hybridized carbons (Fsp3) is 0.273. The van der Waals surface area contributed by atoms with Gasteiger partial charge >= 0.3 is 12.0 Å². The van der Waals surface area contributed by atoms with Gasteiger partial charge in [0.05, 0.1) is 10.6 Å². The number of ether oxygens (including phenoxy) is 1. The van der Waals surface area contributed by atoms with Crippen molar-refractivity contribution in [3.63, 3.8) is 0 Å². The molecule has 32 heavy (non-hydrogen) atoms. The van der Waals surface area contributed by atoms with E-state index < -0.39 is 36.5 Å². The summed E-state index contributed by atoms with van der Waals surface area (Å²) < 4.78 is 5.01. The average Bonchev–Trinajstić information content (AvgIpc) is 2.79. The van der Waals surface area contributed by atoms with E-state index in [4.69, 9.17) is 16.3 Å². The average molecular weight is 478 g/mol. The SMILES string of the molecule is CSCCC(NC(=O)c1ccccc1Cl)C(=O)OCC(=O)NC(=O)NCc1ccccc1. The molecule has 2 aromatic carbocycles. The third-order valence-corrected chi connectivity index (χ3v) is 5.19. The van der Waals surface area contributed by atoms with E-state index in [1.54, 1.807) is 18.2 Å². The van der Waals surface area contributed by atoms with Gasteiger partial charge in [-0.25, -0.2) is 9.59 Å². The first-order chi connectivity index (χ1) is 15.4. The quantitative estimate of drug-likeness (QED) is 0.453. The van der Waals surface area contributed by atoms with Crippen LogP contribution in [0, 0.1) is 0 Å². The van der Waals surface area contributed by atoms with Crippen LogP contribution in [0.4, 0.5) is 4.79 Å². The largest absolute Gasteiger partial charge is 0.454 e. The minimum Gasteiger partial charge on any atom is -0.454 e. The highest BCUT2D eigenvalue weighted by molar-refractivity contribution is 7.98. The Hall–Kier alpha value is -3.04. The lowest BCUT2D eigenvalue weighted by Gasteiger charge is -2.17. The summed E-state index contributed by atoms with van der Waals surface area (Å²) in [5.41, 5.74) is 1.09. The number of benzene rings is 2. The summed E-state index contributed by atoms with van der Waals surface area (Å²) in [4.78, 5) is 48.7. The number of urea groups is 1. The van der Waals surface area contributed by atoms with Crippen molar-refractivity contribution in [3.05, 3.63) is 70.7 Å². The van der Waals surface area contributed by atoms with Crippen LogP contribution in [0.2, 0.25) is 5.02 Å². The van der Waals surface area contributed by atoms with Gasteiger partial charge in [0.1, 0.15) is 6.04 Å². The Bertz CT molecular complexity index is 942. The van der Waals surface area contributed by atoms with Crippen LogP contribution >= 0.6 is 23.4 Å². The molecular weight excluding hydrogens is 454 g/mol. The van der Waals surface area contributed by atoms with Crippen molar-refractivity contribution < 1.29 is 23.9 Å². The second-order valence-corrected chi connectivity index (χ2v) is 8.00. The summed E-state index contributed by atoms with van der Waals surface area (Å²) in [6.45, 7) is -0.417. The van der Waals surface area contributed by atoms with Crippen molar-refractivity contribution in [2.45, 2.75) is 19.0 Å². The molecule has 1 atom stereocenters. The molecule has 170 valence electrons. The zero-order chi connectivity index (χ0) is 23.3. The first kappa shape index (κ1) is 25.2. The number of carbonyl (C=O) groups is 4. The number of hydrogen-bond donors (Lipinski definition) is 3. The summed E-state index contributed by atoms with van der Waals surface area (Å²) in [7, 11) is 0. The molecule has 2 aromatic rings. The van der Waals surface area contributed by atoms with Crippen LogP contribution < -0.4 is 16.0 Å². The topological polar surface area (TPSA) is 114 Å². The molecule has 0 aliphatic rings. The minimum absolute atomic E-state index is 0.226. The van der Waals surface area contributed by atoms with Gasteiger partial charge in [-0.15, -0.1) is 0 Å². The number of nitrogens with one attached hydrogen (secondary N) is 3. The maximum atomic E-state index is 12.5. The molecule has 1 unspecified atom stereocenters. The van der Waals surface area contributed by atoms with Gasteiger partial charge in [-0.3, -0.25) is 14.9 Å². The number of amides is 4. The molecule has 0 saturated heterocycles. The standard InChI is InChI=1S/C22H24ClN3O5S/c1-32-12-11-18(25-20(28)16-9-5-6-10-17(16)23)21(29)31-14-19(27)26-22(30)24-13-15-7-3-2-4-8-15/h2-10,18H,11-14H2,1H3,(H,25,28)(H2,24,26,27,30). The van der Waals surface area contributed by atoms with Crippen LogP contribution in [0.5, 0.6) is 0 Å². The Labute approximate surface area is 195 Å². The van der Waals surface area contributed by atoms with Crippen molar-refractivity contribution in [2.75, 3.05) is 18.6 Å². The zero-order valence-electron chi connectivity index (χ0n) is 17.4. The maximum Gasteiger partial charge on any atom is 0.329 e. The van der Waals surface area contributed by atoms with Gasteiger partial charge in [0.2, 0.25) is 0 Å². The van der Waals surface area contributed by atoms with Gasteiger partial charge < -0.3 is 15.4 Å². The van der Waals surface area contributed by atoms with E-state index >= 15 is 0 Å². The Kier molecular flexibility index (Phi) is 10.6. The Balaban J connectivity index is 1.83. The summed E-state index contributed by atoms with van der Waals surface area (Å²) in [6.07, 6.45) is 2.16. The normalized spacial score (nSPS) is 11.2. The first-order valence-corrected chi connectivity index (χ1v) is 11.5. The maximum absolute atomic E-state index is 12.5. The molecule has 0 bridgehead atoms. The van der Waals surface area contributed by atoms with E-state index in [0.717, 1.165) is 5.56 Å². The summed E-state index contributed by atoms with van der Waals surface area (Å²) in [5, 5.41) is 7.46. The van der Waals surface area contributed by atoms with Gasteiger partial charge in [0, 0.05) is 6.54 Å². The molecule has 0 fully saturated rings. The van der Waals surface area contributed by atoms with E-state index in [1.165, 1.54) is 17.8 Å². The van der Waals surface area contributed by atoms with E-state index in [0.29, 0.717) is 12.2 Å². The molecule has 0 saturated carbocycles. The van der Waals surface area contributed by atoms with Crippen molar-refractivity contribution in [3.8, 4) is 0 Å². The van der Waals surface area contributed by atoms with E-state index in [-0.39, 0.29) is 17.1 Å². The van der Waals surface area contributed by atoms with Gasteiger partial charge in [-0.2, -0.15) is 11.8 Å². The molecule has 0 spiro atoms. The monoisotopic (exact) mass is 477 g/mol. The highest BCUT2D eigenvalue weighted by Gasteiger charge is 2.24. The number of imide groups is 1. The summed E-state index contributed by atoms with van der Waals surface area (Å²) >= 11 is 7.52. The number of esters is 1. The van der Waals surface area contributed by atoms with E-state index in [2.05, 4.69) is 16.0 Å². The highest BCUT2D eigenvalue weighted by atomic mass is 35.5. The molecule has 10 heteroatoms. The molecule has 3 N–H and O–H groups in total. The van der Waals surface area contributed by atoms with Crippen LogP contribution in [-0.4, -0.2) is 48.5 Å². The lowest BCUT2D eigenvalue weighted by molar-refractivity contribution is -0.150. The lowest BCUT2D eigenvalue weighted by atomic mass is 10.1. The Morgan fingerprint density at radius 3 is 2.41 bits per heavy atom. The fourth-order valence-corrected chi connectivity index (χ4v) is 3.28. The van der Waals surface area contributed by atoms with Gasteiger partial charge in [0.25, 0.3) is 11.8 Å². The molecular formula is C22H24ClN3O5S. The van der Waals surface area contributed by atoms with Gasteiger partial charge in [0.15, 0.2) is 6.61 Å². The molecule has 0 aliphatic carbocycles. The molecule has 8 nitrogen and oxygen atoms in total. The van der Waals surface area contributed by atoms with Crippen molar-refractivity contribution >= 4 is 47.2 Å². The number of thioether (sulfide) groups is 1. The second-order valence-electron chi connectivity index (χ2n) is 6.61. The minimum atomic E-state index is -0.967. The van der Waals surface area contributed by atoms with E-state index in [1.807, 2.05) is 36.6 Å². The Morgan fingerprint density at radius 2 is 1.72 bits per heavy atom.